The number of carbonyl (C=O) groups excluding carboxylic acids is 2. The number of ether oxygens (including phenoxy) is 1. The van der Waals surface area contributed by atoms with Gasteiger partial charge >= 0.3 is 0 Å². The summed E-state index contributed by atoms with van der Waals surface area (Å²) in [6, 6.07) is 13.2. The van der Waals surface area contributed by atoms with Gasteiger partial charge in [0.05, 0.1) is 23.6 Å². The number of anilines is 1. The van der Waals surface area contributed by atoms with Crippen molar-refractivity contribution >= 4 is 34.1 Å². The van der Waals surface area contributed by atoms with E-state index in [9.17, 15) is 9.59 Å². The molecule has 0 radical (unpaired) electrons. The Hall–Kier alpha value is -4.20. The zero-order valence-electron chi connectivity index (χ0n) is 19.0. The molecular weight excluding hydrogens is 418 g/mol. The highest BCUT2D eigenvalue weighted by Crippen LogP contribution is 2.35. The van der Waals surface area contributed by atoms with Gasteiger partial charge in [0, 0.05) is 39.1 Å². The lowest BCUT2D eigenvalue weighted by molar-refractivity contribution is 0.101. The van der Waals surface area contributed by atoms with Crippen molar-refractivity contribution in [2.45, 2.75) is 13.5 Å². The first kappa shape index (κ1) is 22.0. The van der Waals surface area contributed by atoms with Crippen LogP contribution >= 0.6 is 0 Å². The summed E-state index contributed by atoms with van der Waals surface area (Å²) >= 11 is 0. The summed E-state index contributed by atoms with van der Waals surface area (Å²) in [5.74, 6) is 0.518. The Balaban J connectivity index is 1.98. The van der Waals surface area contributed by atoms with E-state index in [1.807, 2.05) is 44.4 Å². The summed E-state index contributed by atoms with van der Waals surface area (Å²) in [6.07, 6.45) is 4.74. The molecule has 0 saturated heterocycles. The summed E-state index contributed by atoms with van der Waals surface area (Å²) < 4.78 is 7.30. The van der Waals surface area contributed by atoms with E-state index in [0.717, 1.165) is 5.56 Å². The Kier molecular flexibility index (Phi) is 6.08. The lowest BCUT2D eigenvalue weighted by atomic mass is 10.1. The highest BCUT2D eigenvalue weighted by molar-refractivity contribution is 6.16. The third-order valence-electron chi connectivity index (χ3n) is 5.21. The highest BCUT2D eigenvalue weighted by atomic mass is 16.5. The molecule has 4 aromatic rings. The second kappa shape index (κ2) is 9.12. The fourth-order valence-electron chi connectivity index (χ4n) is 3.72. The number of hydrogen-bond donors (Lipinski definition) is 1. The zero-order valence-corrected chi connectivity index (χ0v) is 19.0. The number of hydrogen-bond acceptors (Lipinski definition) is 7. The first-order valence-electron chi connectivity index (χ1n) is 10.5. The predicted molar refractivity (Wildman–Crippen MR) is 128 cm³/mol. The van der Waals surface area contributed by atoms with Gasteiger partial charge in [0.25, 0.3) is 0 Å². The van der Waals surface area contributed by atoms with Gasteiger partial charge in [0.1, 0.15) is 11.4 Å². The first-order chi connectivity index (χ1) is 15.9. The number of allylic oxidation sites excluding steroid dienone is 1. The van der Waals surface area contributed by atoms with Crippen LogP contribution in [0.15, 0.2) is 60.9 Å². The van der Waals surface area contributed by atoms with Crippen LogP contribution in [-0.2, 0) is 6.54 Å². The van der Waals surface area contributed by atoms with Crippen LogP contribution < -0.4 is 10.1 Å². The van der Waals surface area contributed by atoms with Gasteiger partial charge < -0.3 is 15.0 Å². The maximum Gasteiger partial charge on any atom is 0.210 e. The van der Waals surface area contributed by atoms with Crippen LogP contribution in [-0.4, -0.2) is 52.0 Å². The van der Waals surface area contributed by atoms with E-state index in [2.05, 4.69) is 15.3 Å². The Labute approximate surface area is 191 Å². The quantitative estimate of drug-likeness (QED) is 0.326. The molecule has 4 rings (SSSR count). The van der Waals surface area contributed by atoms with Gasteiger partial charge in [0.2, 0.25) is 11.7 Å². The first-order valence-corrected chi connectivity index (χ1v) is 10.5. The minimum Gasteiger partial charge on any atom is -0.496 e. The Morgan fingerprint density at radius 2 is 1.94 bits per heavy atom. The molecule has 0 aliphatic rings. The van der Waals surface area contributed by atoms with E-state index < -0.39 is 0 Å². The largest absolute Gasteiger partial charge is 0.496 e. The molecule has 3 aromatic heterocycles. The van der Waals surface area contributed by atoms with Crippen molar-refractivity contribution in [3.05, 3.63) is 77.8 Å². The van der Waals surface area contributed by atoms with Gasteiger partial charge in [-0.25, -0.2) is 9.97 Å². The number of ketones is 2. The van der Waals surface area contributed by atoms with Crippen LogP contribution in [0.3, 0.4) is 0 Å². The molecule has 0 aliphatic heterocycles. The van der Waals surface area contributed by atoms with Gasteiger partial charge in [-0.05, 0) is 24.6 Å². The molecule has 0 atom stereocenters. The number of pyridine rings is 1. The van der Waals surface area contributed by atoms with Gasteiger partial charge in [-0.15, -0.1) is 0 Å². The second-order valence-corrected chi connectivity index (χ2v) is 7.81. The SMILES string of the molecule is COc1ccnc2c1c(C(C)=O)c1cc(C(=O)/C=C/N(C)C)nc(NCc3ccccc3)n12. The van der Waals surface area contributed by atoms with Crippen LogP contribution in [0.4, 0.5) is 5.95 Å². The number of fused-ring (bicyclic) bond motifs is 3. The van der Waals surface area contributed by atoms with Crippen LogP contribution in [0, 0.1) is 0 Å². The number of methoxy groups -OCH3 is 1. The number of nitrogens with one attached hydrogen (secondary N) is 1. The number of benzene rings is 1. The number of nitrogens with zero attached hydrogens (tertiary/aromatic N) is 4. The molecule has 3 heterocycles. The fourth-order valence-corrected chi connectivity index (χ4v) is 3.72. The number of Topliss-reactive ketones (excluding diaryl/α,β-unsaturated/α-hetero) is 1. The van der Waals surface area contributed by atoms with Gasteiger partial charge in [-0.3, -0.25) is 14.0 Å². The average molecular weight is 444 g/mol. The van der Waals surface area contributed by atoms with Gasteiger partial charge in [-0.2, -0.15) is 0 Å². The van der Waals surface area contributed by atoms with E-state index in [0.29, 0.717) is 40.4 Å². The second-order valence-electron chi connectivity index (χ2n) is 7.81. The summed E-state index contributed by atoms with van der Waals surface area (Å²) in [5.41, 5.74) is 2.78. The molecule has 1 aromatic carbocycles. The Bertz CT molecular complexity index is 1370. The molecule has 0 fully saturated rings. The third kappa shape index (κ3) is 4.27. The van der Waals surface area contributed by atoms with E-state index in [1.165, 1.54) is 13.0 Å². The molecule has 0 amide bonds. The van der Waals surface area contributed by atoms with Crippen molar-refractivity contribution in [3.8, 4) is 5.75 Å². The smallest absolute Gasteiger partial charge is 0.210 e. The maximum absolute atomic E-state index is 12.9. The van der Waals surface area contributed by atoms with Crippen molar-refractivity contribution in [1.82, 2.24) is 19.3 Å². The van der Waals surface area contributed by atoms with Crippen LogP contribution in [0.25, 0.3) is 16.6 Å². The predicted octanol–water partition coefficient (Wildman–Crippen LogP) is 3.96. The molecule has 8 heteroatoms. The van der Waals surface area contributed by atoms with E-state index in [4.69, 9.17) is 4.74 Å². The monoisotopic (exact) mass is 443 g/mol. The molecule has 8 nitrogen and oxygen atoms in total. The Morgan fingerprint density at radius 1 is 1.18 bits per heavy atom. The highest BCUT2D eigenvalue weighted by Gasteiger charge is 2.24. The normalized spacial score (nSPS) is 11.3. The molecule has 33 heavy (non-hydrogen) atoms. The molecule has 168 valence electrons. The number of rotatable bonds is 8. The molecule has 0 saturated carbocycles. The summed E-state index contributed by atoms with van der Waals surface area (Å²) in [5, 5.41) is 3.91. The minimum atomic E-state index is -0.270. The van der Waals surface area contributed by atoms with Crippen molar-refractivity contribution in [2.75, 3.05) is 26.5 Å². The van der Waals surface area contributed by atoms with Crippen molar-refractivity contribution in [1.29, 1.82) is 0 Å². The van der Waals surface area contributed by atoms with E-state index >= 15 is 0 Å². The maximum atomic E-state index is 12.9. The standard InChI is InChI=1S/C25H25N5O3/c1-16(31)22-19-14-18(20(32)11-13-29(2)3)28-25(27-15-17-8-6-5-7-9-17)30(19)24-23(22)21(33-4)10-12-26-24/h5-14H,15H2,1-4H3,(H,27,28)/b13-11+. The molecule has 0 unspecified atom stereocenters. The number of carbonyl (C=O) groups is 2. The van der Waals surface area contributed by atoms with Gasteiger partial charge in [-0.1, -0.05) is 30.3 Å². The number of aromatic nitrogens is 3. The summed E-state index contributed by atoms with van der Waals surface area (Å²) in [4.78, 5) is 36.5. The summed E-state index contributed by atoms with van der Waals surface area (Å²) in [7, 11) is 5.21. The summed E-state index contributed by atoms with van der Waals surface area (Å²) in [6.45, 7) is 1.97. The van der Waals surface area contributed by atoms with Gasteiger partial charge in [0.15, 0.2) is 11.4 Å². The fraction of sp³-hybridized carbons (Fsp3) is 0.200. The molecule has 0 aliphatic carbocycles. The lowest BCUT2D eigenvalue weighted by Gasteiger charge is -2.11. The van der Waals surface area contributed by atoms with Crippen LogP contribution in [0.5, 0.6) is 5.75 Å². The van der Waals surface area contributed by atoms with Crippen LogP contribution in [0.1, 0.15) is 33.3 Å². The van der Waals surface area contributed by atoms with E-state index in [1.54, 1.807) is 40.9 Å². The van der Waals surface area contributed by atoms with Crippen molar-refractivity contribution < 1.29 is 14.3 Å². The molecule has 0 bridgehead atoms. The molecular formula is C25H25N5O3. The topological polar surface area (TPSA) is 88.8 Å². The zero-order chi connectivity index (χ0) is 23.5. The lowest BCUT2D eigenvalue weighted by Crippen LogP contribution is -2.11. The molecule has 1 N–H and O–H groups in total. The molecule has 0 spiro atoms. The average Bonchev–Trinajstić information content (AvgIpc) is 3.16. The van der Waals surface area contributed by atoms with E-state index in [-0.39, 0.29) is 17.3 Å². The Morgan fingerprint density at radius 3 is 2.61 bits per heavy atom. The van der Waals surface area contributed by atoms with Crippen molar-refractivity contribution in [3.63, 3.8) is 0 Å². The minimum absolute atomic E-state index is 0.156. The van der Waals surface area contributed by atoms with Crippen LogP contribution in [0.2, 0.25) is 0 Å². The van der Waals surface area contributed by atoms with Crippen molar-refractivity contribution in [2.24, 2.45) is 0 Å². The third-order valence-corrected chi connectivity index (χ3v) is 5.21.